The maximum absolute atomic E-state index is 13.4. The third kappa shape index (κ3) is 6.29. The largest absolute Gasteiger partial charge is 0.497 e. The van der Waals surface area contributed by atoms with Crippen LogP contribution >= 0.6 is 11.6 Å². The average molecular weight is 569 g/mol. The lowest BCUT2D eigenvalue weighted by molar-refractivity contribution is -0.384. The van der Waals surface area contributed by atoms with Crippen LogP contribution in [0.25, 0.3) is 0 Å². The summed E-state index contributed by atoms with van der Waals surface area (Å²) in [5.41, 5.74) is -2.30. The minimum absolute atomic E-state index is 0.00363. The third-order valence-corrected chi connectivity index (χ3v) is 5.60. The maximum atomic E-state index is 13.4. The summed E-state index contributed by atoms with van der Waals surface area (Å²) in [5, 5.41) is 16.4. The van der Waals surface area contributed by atoms with E-state index in [1.807, 2.05) is 0 Å². The van der Waals surface area contributed by atoms with Gasteiger partial charge in [-0.2, -0.15) is 5.10 Å². The lowest BCUT2D eigenvalue weighted by Crippen LogP contribution is -2.11. The molecule has 0 aliphatic carbocycles. The van der Waals surface area contributed by atoms with Crippen LogP contribution in [-0.4, -0.2) is 27.7 Å². The van der Waals surface area contributed by atoms with E-state index in [2.05, 4.69) is 10.4 Å². The number of nitro benzene ring substituents is 1. The zero-order chi connectivity index (χ0) is 28.3. The number of hydrogen-bond acceptors (Lipinski definition) is 7. The number of carbonyl (C=O) groups excluding carboxylic acids is 1. The molecule has 2 aromatic heterocycles. The minimum atomic E-state index is -3.20. The van der Waals surface area contributed by atoms with Crippen LogP contribution in [0.2, 0.25) is 5.02 Å². The van der Waals surface area contributed by atoms with Gasteiger partial charge in [0, 0.05) is 12.1 Å². The van der Waals surface area contributed by atoms with Crippen molar-refractivity contribution in [2.75, 3.05) is 12.4 Å². The van der Waals surface area contributed by atoms with E-state index in [0.717, 1.165) is 12.1 Å². The van der Waals surface area contributed by atoms with E-state index in [-0.39, 0.29) is 28.6 Å². The summed E-state index contributed by atoms with van der Waals surface area (Å²) in [6.07, 6.45) is -6.37. The molecule has 15 heteroatoms. The number of anilines is 1. The van der Waals surface area contributed by atoms with Gasteiger partial charge in [0.05, 0.1) is 35.4 Å². The zero-order valence-electron chi connectivity index (χ0n) is 19.7. The number of nitrogens with one attached hydrogen (secondary N) is 1. The predicted octanol–water partition coefficient (Wildman–Crippen LogP) is 7.01. The number of benzene rings is 2. The van der Waals surface area contributed by atoms with E-state index in [9.17, 15) is 32.5 Å². The fraction of sp³-hybridized carbons (Fsp3) is 0.167. The molecular formula is C24H17ClF4N4O6. The van der Waals surface area contributed by atoms with Crippen LogP contribution in [0.15, 0.2) is 59.0 Å². The van der Waals surface area contributed by atoms with E-state index < -0.39 is 46.6 Å². The minimum Gasteiger partial charge on any atom is -0.497 e. The highest BCUT2D eigenvalue weighted by Crippen LogP contribution is 2.35. The SMILES string of the molecule is COc1ccc(Oc2cc(NC(=O)c3ccc(Cn4nc(C(F)F)c(Cl)c4C(F)F)o3)cc([N+](=O)[O-])c2)cc1. The van der Waals surface area contributed by atoms with Gasteiger partial charge in [-0.3, -0.25) is 19.6 Å². The lowest BCUT2D eigenvalue weighted by atomic mass is 10.2. The topological polar surface area (TPSA) is 122 Å². The van der Waals surface area contributed by atoms with Crippen molar-refractivity contribution in [3.8, 4) is 17.2 Å². The molecule has 0 saturated heterocycles. The molecule has 1 N–H and O–H groups in total. The first-order valence-electron chi connectivity index (χ1n) is 10.9. The van der Waals surface area contributed by atoms with Crippen molar-refractivity contribution in [1.29, 1.82) is 0 Å². The first kappa shape index (κ1) is 27.4. The molecule has 0 aliphatic heterocycles. The number of hydrogen-bond donors (Lipinski definition) is 1. The Morgan fingerprint density at radius 3 is 2.38 bits per heavy atom. The van der Waals surface area contributed by atoms with Crippen LogP contribution in [0.4, 0.5) is 28.9 Å². The number of alkyl halides is 4. The molecule has 0 fully saturated rings. The van der Waals surface area contributed by atoms with Crippen molar-refractivity contribution < 1.29 is 41.2 Å². The number of amides is 1. The van der Waals surface area contributed by atoms with Gasteiger partial charge >= 0.3 is 0 Å². The van der Waals surface area contributed by atoms with E-state index in [1.165, 1.54) is 25.3 Å². The smallest absolute Gasteiger partial charge is 0.291 e. The molecule has 0 radical (unpaired) electrons. The number of ether oxygens (including phenoxy) is 2. The number of methoxy groups -OCH3 is 1. The lowest BCUT2D eigenvalue weighted by Gasteiger charge is -2.09. The van der Waals surface area contributed by atoms with E-state index in [1.54, 1.807) is 24.3 Å². The second kappa shape index (κ2) is 11.4. The van der Waals surface area contributed by atoms with Crippen molar-refractivity contribution in [3.63, 3.8) is 0 Å². The van der Waals surface area contributed by atoms with Gasteiger partial charge in [-0.1, -0.05) is 11.6 Å². The molecule has 0 spiro atoms. The Bertz CT molecular complexity index is 1510. The van der Waals surface area contributed by atoms with E-state index in [0.29, 0.717) is 16.2 Å². The molecule has 10 nitrogen and oxygen atoms in total. The fourth-order valence-corrected chi connectivity index (χ4v) is 3.77. The molecule has 0 saturated carbocycles. The predicted molar refractivity (Wildman–Crippen MR) is 129 cm³/mol. The van der Waals surface area contributed by atoms with Crippen LogP contribution in [0, 0.1) is 10.1 Å². The second-order valence-corrected chi connectivity index (χ2v) is 8.19. The van der Waals surface area contributed by atoms with Crippen LogP contribution in [0.1, 0.15) is 40.6 Å². The summed E-state index contributed by atoms with van der Waals surface area (Å²) in [7, 11) is 1.49. The monoisotopic (exact) mass is 568 g/mol. The Balaban J connectivity index is 1.53. The van der Waals surface area contributed by atoms with E-state index >= 15 is 0 Å². The zero-order valence-corrected chi connectivity index (χ0v) is 20.5. The molecule has 39 heavy (non-hydrogen) atoms. The maximum Gasteiger partial charge on any atom is 0.291 e. The Morgan fingerprint density at radius 1 is 1.08 bits per heavy atom. The molecule has 4 aromatic rings. The molecule has 1 amide bonds. The molecular weight excluding hydrogens is 552 g/mol. The summed E-state index contributed by atoms with van der Waals surface area (Å²) in [6.45, 7) is -0.518. The van der Waals surface area contributed by atoms with Crippen LogP contribution in [0.5, 0.6) is 17.2 Å². The van der Waals surface area contributed by atoms with Crippen molar-refractivity contribution in [1.82, 2.24) is 9.78 Å². The number of aromatic nitrogens is 2. The summed E-state index contributed by atoms with van der Waals surface area (Å²) in [6, 6.07) is 12.5. The van der Waals surface area contributed by atoms with Crippen LogP contribution in [0.3, 0.4) is 0 Å². The normalized spacial score (nSPS) is 11.2. The van der Waals surface area contributed by atoms with Crippen molar-refractivity contribution in [3.05, 3.63) is 92.6 Å². The van der Waals surface area contributed by atoms with Gasteiger partial charge in [0.1, 0.15) is 34.4 Å². The highest BCUT2D eigenvalue weighted by Gasteiger charge is 2.28. The number of furan rings is 1. The Kier molecular flexibility index (Phi) is 8.04. The first-order valence-corrected chi connectivity index (χ1v) is 11.3. The van der Waals surface area contributed by atoms with Gasteiger partial charge in [-0.25, -0.2) is 17.6 Å². The van der Waals surface area contributed by atoms with Gasteiger partial charge in [-0.05, 0) is 36.4 Å². The molecule has 0 atom stereocenters. The highest BCUT2D eigenvalue weighted by atomic mass is 35.5. The van der Waals surface area contributed by atoms with Gasteiger partial charge in [0.25, 0.3) is 24.4 Å². The number of nitro groups is 1. The highest BCUT2D eigenvalue weighted by molar-refractivity contribution is 6.32. The molecule has 0 bridgehead atoms. The fourth-order valence-electron chi connectivity index (χ4n) is 3.47. The van der Waals surface area contributed by atoms with Gasteiger partial charge in [0.2, 0.25) is 0 Å². The summed E-state index contributed by atoms with van der Waals surface area (Å²) < 4.78 is 69.6. The molecule has 204 valence electrons. The van der Waals surface area contributed by atoms with Crippen LogP contribution < -0.4 is 14.8 Å². The Hall–Kier alpha value is -4.59. The number of non-ortho nitro benzene ring substituents is 1. The van der Waals surface area contributed by atoms with E-state index in [4.69, 9.17) is 25.5 Å². The summed E-state index contributed by atoms with van der Waals surface area (Å²) >= 11 is 5.64. The molecule has 0 unspecified atom stereocenters. The Labute approximate surface area is 221 Å². The number of rotatable bonds is 10. The summed E-state index contributed by atoms with van der Waals surface area (Å²) in [4.78, 5) is 23.5. The molecule has 0 aliphatic rings. The molecule has 2 heterocycles. The number of carbonyl (C=O) groups is 1. The molecule has 2 aromatic carbocycles. The molecule has 4 rings (SSSR count). The van der Waals surface area contributed by atoms with Gasteiger partial charge in [-0.15, -0.1) is 0 Å². The first-order chi connectivity index (χ1) is 18.5. The van der Waals surface area contributed by atoms with Gasteiger partial charge in [0.15, 0.2) is 5.76 Å². The van der Waals surface area contributed by atoms with Gasteiger partial charge < -0.3 is 19.2 Å². The second-order valence-electron chi connectivity index (χ2n) is 7.81. The number of halogens is 5. The summed E-state index contributed by atoms with van der Waals surface area (Å²) in [5.74, 6) is -0.221. The quantitative estimate of drug-likeness (QED) is 0.124. The standard InChI is InChI=1S/C24H17ClF4N4O6/c1-37-14-2-4-15(5-3-14)38-17-9-12(8-13(10-17)33(35)36)30-24(34)18-7-6-16(39-18)11-32-21(23(28)29)19(25)20(31-32)22(26)27/h2-10,22-23H,11H2,1H3,(H,30,34). The van der Waals surface area contributed by atoms with Crippen molar-refractivity contribution in [2.45, 2.75) is 19.4 Å². The average Bonchev–Trinajstić information content (AvgIpc) is 3.49. The van der Waals surface area contributed by atoms with Crippen LogP contribution in [-0.2, 0) is 6.54 Å². The van der Waals surface area contributed by atoms with Crippen molar-refractivity contribution in [2.24, 2.45) is 0 Å². The van der Waals surface area contributed by atoms with Crippen molar-refractivity contribution >= 4 is 28.9 Å². The number of nitrogens with zero attached hydrogens (tertiary/aromatic N) is 3. The third-order valence-electron chi connectivity index (χ3n) is 5.22. The Morgan fingerprint density at radius 2 is 1.77 bits per heavy atom.